The largest absolute Gasteiger partial charge is 0.466 e. The smallest absolute Gasteiger partial charge is 0.104 e. The molecular weight excluding hydrogens is 216 g/mol. The lowest BCUT2D eigenvalue weighted by Gasteiger charge is -2.20. The summed E-state index contributed by atoms with van der Waals surface area (Å²) in [4.78, 5) is 0. The fourth-order valence-electron chi connectivity index (χ4n) is 1.37. The summed E-state index contributed by atoms with van der Waals surface area (Å²) in [5, 5.41) is 0.958. The van der Waals surface area contributed by atoms with E-state index in [9.17, 15) is 0 Å². The highest BCUT2D eigenvalue weighted by Crippen LogP contribution is 2.30. The van der Waals surface area contributed by atoms with Gasteiger partial charge in [0, 0.05) is 10.7 Å². The van der Waals surface area contributed by atoms with Crippen LogP contribution in [0.15, 0.2) is 10.5 Å². The van der Waals surface area contributed by atoms with Crippen LogP contribution in [0.25, 0.3) is 0 Å². The lowest BCUT2D eigenvalue weighted by Crippen LogP contribution is -2.18. The molecule has 0 aliphatic heterocycles. The second kappa shape index (κ2) is 3.25. The first-order valence-corrected chi connectivity index (χ1v) is 5.23. The monoisotopic (exact) mass is 230 g/mol. The van der Waals surface area contributed by atoms with E-state index in [1.54, 1.807) is 0 Å². The van der Waals surface area contributed by atoms with Crippen LogP contribution in [0.2, 0.25) is 0 Å². The van der Waals surface area contributed by atoms with Gasteiger partial charge < -0.3 is 4.42 Å². The molecule has 1 aromatic rings. The normalized spacial score (nSPS) is 12.1. The minimum Gasteiger partial charge on any atom is -0.466 e. The molecule has 0 unspecified atom stereocenters. The van der Waals surface area contributed by atoms with Crippen LogP contribution < -0.4 is 0 Å². The average Bonchev–Trinajstić information content (AvgIpc) is 2.31. The van der Waals surface area contributed by atoms with Crippen molar-refractivity contribution in [3.05, 3.63) is 23.2 Å². The molecule has 0 fully saturated rings. The second-order valence-electron chi connectivity index (χ2n) is 3.84. The zero-order valence-corrected chi connectivity index (χ0v) is 9.66. The summed E-state index contributed by atoms with van der Waals surface area (Å²) in [5.74, 6) is 2.04. The molecule has 1 rings (SSSR count). The maximum Gasteiger partial charge on any atom is 0.104 e. The van der Waals surface area contributed by atoms with E-state index < -0.39 is 0 Å². The lowest BCUT2D eigenvalue weighted by atomic mass is 9.87. The van der Waals surface area contributed by atoms with Crippen molar-refractivity contribution in [1.29, 1.82) is 0 Å². The van der Waals surface area contributed by atoms with Crippen LogP contribution in [0.4, 0.5) is 0 Å². The number of halogens is 1. The Balaban J connectivity index is 3.09. The highest BCUT2D eigenvalue weighted by molar-refractivity contribution is 9.09. The minimum atomic E-state index is 0.168. The van der Waals surface area contributed by atoms with Gasteiger partial charge in [-0.2, -0.15) is 0 Å². The maximum absolute atomic E-state index is 5.48. The molecular formula is C10H15BrO. The lowest BCUT2D eigenvalue weighted by molar-refractivity contribution is 0.488. The Morgan fingerprint density at radius 1 is 1.42 bits per heavy atom. The molecule has 0 aromatic carbocycles. The third-order valence-electron chi connectivity index (χ3n) is 2.10. The SMILES string of the molecule is Cc1cc(C(C)(C)CBr)c(C)o1. The molecule has 0 bridgehead atoms. The molecule has 0 atom stereocenters. The zero-order valence-electron chi connectivity index (χ0n) is 8.07. The third kappa shape index (κ3) is 1.74. The summed E-state index contributed by atoms with van der Waals surface area (Å²) in [5.41, 5.74) is 1.47. The number of furan rings is 1. The molecule has 0 spiro atoms. The molecule has 0 aliphatic rings. The van der Waals surface area contributed by atoms with Gasteiger partial charge >= 0.3 is 0 Å². The number of hydrogen-bond donors (Lipinski definition) is 0. The van der Waals surface area contributed by atoms with Gasteiger partial charge in [-0.05, 0) is 25.5 Å². The Labute approximate surface area is 82.3 Å². The van der Waals surface area contributed by atoms with Crippen LogP contribution >= 0.6 is 15.9 Å². The number of rotatable bonds is 2. The Bertz CT molecular complexity index is 273. The molecule has 2 heteroatoms. The van der Waals surface area contributed by atoms with Crippen molar-refractivity contribution < 1.29 is 4.42 Å². The highest BCUT2D eigenvalue weighted by Gasteiger charge is 2.23. The topological polar surface area (TPSA) is 13.1 Å². The predicted octanol–water partition coefficient (Wildman–Crippen LogP) is 3.57. The van der Waals surface area contributed by atoms with Gasteiger partial charge in [0.25, 0.3) is 0 Å². The van der Waals surface area contributed by atoms with Crippen LogP contribution in [-0.4, -0.2) is 5.33 Å². The van der Waals surface area contributed by atoms with Crippen molar-refractivity contribution >= 4 is 15.9 Å². The molecule has 0 aliphatic carbocycles. The summed E-state index contributed by atoms with van der Waals surface area (Å²) in [6, 6.07) is 2.12. The Hall–Kier alpha value is -0.240. The molecule has 0 saturated carbocycles. The molecule has 0 N–H and O–H groups in total. The van der Waals surface area contributed by atoms with Crippen LogP contribution in [0.3, 0.4) is 0 Å². The highest BCUT2D eigenvalue weighted by atomic mass is 79.9. The Morgan fingerprint density at radius 3 is 2.33 bits per heavy atom. The number of hydrogen-bond acceptors (Lipinski definition) is 1. The van der Waals surface area contributed by atoms with Gasteiger partial charge in [-0.3, -0.25) is 0 Å². The van der Waals surface area contributed by atoms with E-state index >= 15 is 0 Å². The first-order chi connectivity index (χ1) is 5.47. The molecule has 0 radical (unpaired) electrons. The minimum absolute atomic E-state index is 0.168. The standard InChI is InChI=1S/C10H15BrO/c1-7-5-9(8(2)12-7)10(3,4)6-11/h5H,6H2,1-4H3. The van der Waals surface area contributed by atoms with E-state index in [-0.39, 0.29) is 5.41 Å². The van der Waals surface area contributed by atoms with Crippen molar-refractivity contribution in [2.24, 2.45) is 0 Å². The summed E-state index contributed by atoms with van der Waals surface area (Å²) in [6.07, 6.45) is 0. The van der Waals surface area contributed by atoms with Gasteiger partial charge in [0.1, 0.15) is 11.5 Å². The summed E-state index contributed by atoms with van der Waals surface area (Å²) < 4.78 is 5.48. The molecule has 1 nitrogen and oxygen atoms in total. The van der Waals surface area contributed by atoms with E-state index in [2.05, 4.69) is 35.8 Å². The predicted molar refractivity (Wildman–Crippen MR) is 55.0 cm³/mol. The van der Waals surface area contributed by atoms with Gasteiger partial charge in [-0.25, -0.2) is 0 Å². The van der Waals surface area contributed by atoms with Gasteiger partial charge in [0.05, 0.1) is 0 Å². The first-order valence-electron chi connectivity index (χ1n) is 4.11. The van der Waals surface area contributed by atoms with Crippen molar-refractivity contribution in [3.8, 4) is 0 Å². The Morgan fingerprint density at radius 2 is 2.00 bits per heavy atom. The van der Waals surface area contributed by atoms with E-state index in [0.717, 1.165) is 16.9 Å². The first kappa shape index (κ1) is 9.85. The third-order valence-corrected chi connectivity index (χ3v) is 3.51. The van der Waals surface area contributed by atoms with Crippen molar-refractivity contribution in [1.82, 2.24) is 0 Å². The molecule has 1 heterocycles. The summed E-state index contributed by atoms with van der Waals surface area (Å²) >= 11 is 3.51. The zero-order chi connectivity index (χ0) is 9.35. The maximum atomic E-state index is 5.48. The van der Waals surface area contributed by atoms with Gasteiger partial charge in [0.2, 0.25) is 0 Å². The number of aryl methyl sites for hydroxylation is 2. The summed E-state index contributed by atoms with van der Waals surface area (Å²) in [7, 11) is 0. The second-order valence-corrected chi connectivity index (χ2v) is 4.41. The number of alkyl halides is 1. The van der Waals surface area contributed by atoms with Crippen molar-refractivity contribution in [2.75, 3.05) is 5.33 Å². The van der Waals surface area contributed by atoms with E-state index in [4.69, 9.17) is 4.42 Å². The molecule has 0 saturated heterocycles. The Kier molecular flexibility index (Phi) is 2.67. The van der Waals surface area contributed by atoms with Crippen molar-refractivity contribution in [3.63, 3.8) is 0 Å². The average molecular weight is 231 g/mol. The molecule has 0 amide bonds. The van der Waals surface area contributed by atoms with E-state index in [1.165, 1.54) is 5.56 Å². The van der Waals surface area contributed by atoms with Crippen LogP contribution in [0.5, 0.6) is 0 Å². The summed E-state index contributed by atoms with van der Waals surface area (Å²) in [6.45, 7) is 8.42. The fourth-order valence-corrected chi connectivity index (χ4v) is 1.68. The fraction of sp³-hybridized carbons (Fsp3) is 0.600. The molecule has 68 valence electrons. The molecule has 1 aromatic heterocycles. The van der Waals surface area contributed by atoms with Gasteiger partial charge in [0.15, 0.2) is 0 Å². The van der Waals surface area contributed by atoms with Gasteiger partial charge in [-0.1, -0.05) is 29.8 Å². The van der Waals surface area contributed by atoms with E-state index in [0.29, 0.717) is 0 Å². The molecule has 12 heavy (non-hydrogen) atoms. The van der Waals surface area contributed by atoms with Crippen molar-refractivity contribution in [2.45, 2.75) is 33.1 Å². The van der Waals surface area contributed by atoms with Crippen LogP contribution in [-0.2, 0) is 5.41 Å². The van der Waals surface area contributed by atoms with Crippen LogP contribution in [0, 0.1) is 13.8 Å². The quantitative estimate of drug-likeness (QED) is 0.709. The van der Waals surface area contributed by atoms with Gasteiger partial charge in [-0.15, -0.1) is 0 Å². The van der Waals surface area contributed by atoms with E-state index in [1.807, 2.05) is 13.8 Å². The van der Waals surface area contributed by atoms with Crippen LogP contribution in [0.1, 0.15) is 30.9 Å².